The quantitative estimate of drug-likeness (QED) is 0.522. The molecule has 3 rings (SSSR count). The van der Waals surface area contributed by atoms with Gasteiger partial charge >= 0.3 is 5.97 Å². The lowest BCUT2D eigenvalue weighted by Crippen LogP contribution is -2.21. The number of anilines is 1. The second-order valence-corrected chi connectivity index (χ2v) is 6.88. The molecule has 0 aliphatic rings. The number of esters is 1. The Bertz CT molecular complexity index is 1060. The molecule has 0 spiro atoms. The Labute approximate surface area is 183 Å². The van der Waals surface area contributed by atoms with Gasteiger partial charge in [-0.15, -0.1) is 0 Å². The van der Waals surface area contributed by atoms with Gasteiger partial charge in [0.25, 0.3) is 5.91 Å². The van der Waals surface area contributed by atoms with Gasteiger partial charge in [0.05, 0.1) is 29.0 Å². The highest BCUT2D eigenvalue weighted by molar-refractivity contribution is 6.30. The standard InChI is InChI=1S/C21H20ClN3O6/c1-12-16(13(2)31-25-12)10-29-17-6-4-14(8-18(17)28-3)21(27)30-11-20(26)24-19-7-5-15(22)9-23-19/h4-9H,10-11H2,1-3H3,(H,23,24,26). The Morgan fingerprint density at radius 2 is 1.97 bits per heavy atom. The van der Waals surface area contributed by atoms with Gasteiger partial charge in [-0.25, -0.2) is 9.78 Å². The molecular formula is C21H20ClN3O6. The number of carbonyl (C=O) groups excluding carboxylic acids is 2. The van der Waals surface area contributed by atoms with Crippen LogP contribution < -0.4 is 14.8 Å². The van der Waals surface area contributed by atoms with Crippen molar-refractivity contribution in [2.75, 3.05) is 19.0 Å². The maximum absolute atomic E-state index is 12.3. The van der Waals surface area contributed by atoms with E-state index in [-0.39, 0.29) is 12.2 Å². The summed E-state index contributed by atoms with van der Waals surface area (Å²) < 4.78 is 21.3. The summed E-state index contributed by atoms with van der Waals surface area (Å²) in [4.78, 5) is 28.2. The number of nitrogens with one attached hydrogen (secondary N) is 1. The zero-order valence-corrected chi connectivity index (χ0v) is 17.9. The van der Waals surface area contributed by atoms with E-state index in [4.69, 9.17) is 30.3 Å². The molecule has 10 heteroatoms. The molecule has 0 saturated heterocycles. The van der Waals surface area contributed by atoms with Crippen molar-refractivity contribution in [2.45, 2.75) is 20.5 Å². The van der Waals surface area contributed by atoms with Gasteiger partial charge in [-0.3, -0.25) is 4.79 Å². The molecule has 1 amide bonds. The lowest BCUT2D eigenvalue weighted by Gasteiger charge is -2.12. The van der Waals surface area contributed by atoms with Crippen LogP contribution in [0, 0.1) is 13.8 Å². The molecule has 0 aliphatic carbocycles. The zero-order valence-electron chi connectivity index (χ0n) is 17.1. The zero-order chi connectivity index (χ0) is 22.4. The van der Waals surface area contributed by atoms with Crippen molar-refractivity contribution in [2.24, 2.45) is 0 Å². The van der Waals surface area contributed by atoms with E-state index < -0.39 is 18.5 Å². The van der Waals surface area contributed by atoms with E-state index in [1.807, 2.05) is 6.92 Å². The number of hydrogen-bond acceptors (Lipinski definition) is 8. The first-order valence-electron chi connectivity index (χ1n) is 9.18. The van der Waals surface area contributed by atoms with Crippen molar-refractivity contribution in [3.05, 3.63) is 64.1 Å². The van der Waals surface area contributed by atoms with E-state index in [9.17, 15) is 9.59 Å². The molecule has 31 heavy (non-hydrogen) atoms. The number of aromatic nitrogens is 2. The fraction of sp³-hybridized carbons (Fsp3) is 0.238. The Kier molecular flexibility index (Phi) is 7.09. The summed E-state index contributed by atoms with van der Waals surface area (Å²) in [5.41, 5.74) is 1.79. The molecule has 1 N–H and O–H groups in total. The molecule has 3 aromatic rings. The topological polar surface area (TPSA) is 113 Å². The molecule has 0 fully saturated rings. The highest BCUT2D eigenvalue weighted by atomic mass is 35.5. The van der Waals surface area contributed by atoms with Crippen LogP contribution in [0.1, 0.15) is 27.4 Å². The maximum Gasteiger partial charge on any atom is 0.338 e. The average molecular weight is 446 g/mol. The Hall–Kier alpha value is -3.59. The predicted molar refractivity (Wildman–Crippen MR) is 111 cm³/mol. The third-order valence-electron chi connectivity index (χ3n) is 4.28. The molecule has 0 bridgehead atoms. The number of aryl methyl sites for hydroxylation is 2. The smallest absolute Gasteiger partial charge is 0.338 e. The number of nitrogens with zero attached hydrogens (tertiary/aromatic N) is 2. The minimum Gasteiger partial charge on any atom is -0.493 e. The van der Waals surface area contributed by atoms with Crippen LogP contribution in [0.3, 0.4) is 0 Å². The fourth-order valence-electron chi connectivity index (χ4n) is 2.61. The average Bonchev–Trinajstić information content (AvgIpc) is 3.09. The van der Waals surface area contributed by atoms with Crippen LogP contribution in [0.25, 0.3) is 0 Å². The van der Waals surface area contributed by atoms with Gasteiger partial charge in [0.2, 0.25) is 0 Å². The lowest BCUT2D eigenvalue weighted by atomic mass is 10.2. The van der Waals surface area contributed by atoms with Crippen molar-refractivity contribution in [3.8, 4) is 11.5 Å². The normalized spacial score (nSPS) is 10.5. The Morgan fingerprint density at radius 3 is 2.61 bits per heavy atom. The molecule has 0 saturated carbocycles. The summed E-state index contributed by atoms with van der Waals surface area (Å²) in [6.45, 7) is 3.38. The number of hydrogen-bond donors (Lipinski definition) is 1. The van der Waals surface area contributed by atoms with Gasteiger partial charge in [-0.2, -0.15) is 0 Å². The van der Waals surface area contributed by atoms with Crippen LogP contribution in [0.5, 0.6) is 11.5 Å². The molecule has 2 heterocycles. The third kappa shape index (κ3) is 5.73. The third-order valence-corrected chi connectivity index (χ3v) is 4.51. The minimum atomic E-state index is -0.685. The number of benzene rings is 1. The van der Waals surface area contributed by atoms with Crippen LogP contribution in [0.4, 0.5) is 5.82 Å². The summed E-state index contributed by atoms with van der Waals surface area (Å²) >= 11 is 5.74. The molecule has 0 aliphatic heterocycles. The van der Waals surface area contributed by atoms with Crippen molar-refractivity contribution in [1.29, 1.82) is 0 Å². The minimum absolute atomic E-state index is 0.207. The van der Waals surface area contributed by atoms with Crippen molar-refractivity contribution in [1.82, 2.24) is 10.1 Å². The predicted octanol–water partition coefficient (Wildman–Crippen LogP) is 3.72. The molecule has 1 aromatic carbocycles. The first-order valence-corrected chi connectivity index (χ1v) is 9.56. The van der Waals surface area contributed by atoms with E-state index in [1.165, 1.54) is 31.5 Å². The largest absolute Gasteiger partial charge is 0.493 e. The van der Waals surface area contributed by atoms with Crippen LogP contribution in [0.15, 0.2) is 41.1 Å². The molecule has 9 nitrogen and oxygen atoms in total. The summed E-state index contributed by atoms with van der Waals surface area (Å²) in [6.07, 6.45) is 1.39. The number of carbonyl (C=O) groups is 2. The van der Waals surface area contributed by atoms with Crippen LogP contribution in [-0.4, -0.2) is 35.7 Å². The van der Waals surface area contributed by atoms with Gasteiger partial charge in [-0.05, 0) is 44.2 Å². The second kappa shape index (κ2) is 9.94. The first-order chi connectivity index (χ1) is 14.9. The second-order valence-electron chi connectivity index (χ2n) is 6.44. The molecule has 0 unspecified atom stereocenters. The summed E-state index contributed by atoms with van der Waals surface area (Å²) in [5, 5.41) is 6.83. The van der Waals surface area contributed by atoms with Crippen molar-refractivity contribution in [3.63, 3.8) is 0 Å². The van der Waals surface area contributed by atoms with Gasteiger partial charge in [-0.1, -0.05) is 16.8 Å². The monoisotopic (exact) mass is 445 g/mol. The van der Waals surface area contributed by atoms with Crippen LogP contribution in [-0.2, 0) is 16.1 Å². The maximum atomic E-state index is 12.3. The molecular weight excluding hydrogens is 426 g/mol. The van der Waals surface area contributed by atoms with Gasteiger partial charge in [0, 0.05) is 6.20 Å². The summed E-state index contributed by atoms with van der Waals surface area (Å²) in [6, 6.07) is 7.70. The van der Waals surface area contributed by atoms with E-state index >= 15 is 0 Å². The number of rotatable bonds is 8. The summed E-state index contributed by atoms with van der Waals surface area (Å²) in [7, 11) is 1.46. The number of methoxy groups -OCH3 is 1. The molecule has 0 atom stereocenters. The summed E-state index contributed by atoms with van der Waals surface area (Å²) in [5.74, 6) is 0.529. The first kappa shape index (κ1) is 22.1. The number of amides is 1. The van der Waals surface area contributed by atoms with E-state index in [0.717, 1.165) is 11.3 Å². The van der Waals surface area contributed by atoms with Crippen LogP contribution in [0.2, 0.25) is 5.02 Å². The highest BCUT2D eigenvalue weighted by Gasteiger charge is 2.16. The SMILES string of the molecule is COc1cc(C(=O)OCC(=O)Nc2ccc(Cl)cn2)ccc1OCc1c(C)noc1C. The Morgan fingerprint density at radius 1 is 1.16 bits per heavy atom. The lowest BCUT2D eigenvalue weighted by molar-refractivity contribution is -0.119. The van der Waals surface area contributed by atoms with Crippen molar-refractivity contribution >= 4 is 29.3 Å². The van der Waals surface area contributed by atoms with E-state index in [0.29, 0.717) is 28.1 Å². The van der Waals surface area contributed by atoms with Gasteiger partial charge in [0.1, 0.15) is 18.2 Å². The highest BCUT2D eigenvalue weighted by Crippen LogP contribution is 2.29. The molecule has 162 valence electrons. The molecule has 2 aromatic heterocycles. The number of pyridine rings is 1. The molecule has 0 radical (unpaired) electrons. The van der Waals surface area contributed by atoms with E-state index in [2.05, 4.69) is 15.5 Å². The Balaban J connectivity index is 1.58. The van der Waals surface area contributed by atoms with Crippen LogP contribution >= 0.6 is 11.6 Å². The number of ether oxygens (including phenoxy) is 3. The van der Waals surface area contributed by atoms with Gasteiger partial charge < -0.3 is 24.1 Å². The van der Waals surface area contributed by atoms with Gasteiger partial charge in [0.15, 0.2) is 18.1 Å². The van der Waals surface area contributed by atoms with E-state index in [1.54, 1.807) is 19.1 Å². The fourth-order valence-corrected chi connectivity index (χ4v) is 2.73. The van der Waals surface area contributed by atoms with Crippen molar-refractivity contribution < 1.29 is 28.3 Å². The number of halogens is 1.